The molecule has 2 unspecified atom stereocenters. The zero-order chi connectivity index (χ0) is 20.5. The maximum Gasteiger partial charge on any atom is 0.191 e. The lowest BCUT2D eigenvalue weighted by atomic mass is 9.84. The van der Waals surface area contributed by atoms with E-state index in [0.29, 0.717) is 12.6 Å². The van der Waals surface area contributed by atoms with Crippen LogP contribution in [0.15, 0.2) is 29.3 Å². The molecule has 162 valence electrons. The number of hydrogen-bond acceptors (Lipinski definition) is 4. The van der Waals surface area contributed by atoms with Crippen LogP contribution in [0.1, 0.15) is 50.2 Å². The van der Waals surface area contributed by atoms with E-state index in [4.69, 9.17) is 4.74 Å². The molecule has 2 heterocycles. The molecule has 6 heteroatoms. The van der Waals surface area contributed by atoms with Crippen LogP contribution in [-0.2, 0) is 17.8 Å². The Labute approximate surface area is 175 Å². The molecule has 2 fully saturated rings. The molecular weight excluding hydrogens is 364 g/mol. The van der Waals surface area contributed by atoms with Crippen molar-refractivity contribution in [3.05, 3.63) is 35.4 Å². The van der Waals surface area contributed by atoms with E-state index >= 15 is 0 Å². The lowest BCUT2D eigenvalue weighted by Crippen LogP contribution is -2.44. The van der Waals surface area contributed by atoms with Gasteiger partial charge in [-0.05, 0) is 50.3 Å². The quantitative estimate of drug-likeness (QED) is 0.460. The Hall–Kier alpha value is -1.63. The van der Waals surface area contributed by atoms with Crippen LogP contribution >= 0.6 is 0 Å². The van der Waals surface area contributed by atoms with E-state index in [-0.39, 0.29) is 12.0 Å². The van der Waals surface area contributed by atoms with Crippen molar-refractivity contribution in [1.29, 1.82) is 0 Å². The molecule has 6 nitrogen and oxygen atoms in total. The fourth-order valence-corrected chi connectivity index (χ4v) is 4.48. The molecule has 1 aromatic rings. The summed E-state index contributed by atoms with van der Waals surface area (Å²) < 4.78 is 5.59. The van der Waals surface area contributed by atoms with Crippen molar-refractivity contribution in [1.82, 2.24) is 15.5 Å². The van der Waals surface area contributed by atoms with Crippen LogP contribution < -0.4 is 10.6 Å². The third-order valence-corrected chi connectivity index (χ3v) is 6.56. The third kappa shape index (κ3) is 6.17. The average Bonchev–Trinajstić information content (AvgIpc) is 3.20. The van der Waals surface area contributed by atoms with Gasteiger partial charge < -0.3 is 20.5 Å². The summed E-state index contributed by atoms with van der Waals surface area (Å²) in [4.78, 5) is 7.00. The highest BCUT2D eigenvalue weighted by molar-refractivity contribution is 5.79. The van der Waals surface area contributed by atoms with Crippen molar-refractivity contribution in [3.8, 4) is 0 Å². The second kappa shape index (κ2) is 11.0. The van der Waals surface area contributed by atoms with Crippen LogP contribution in [0.2, 0.25) is 0 Å². The maximum atomic E-state index is 9.42. The Morgan fingerprint density at radius 3 is 2.79 bits per heavy atom. The number of aliphatic hydroxyl groups excluding tert-OH is 1. The summed E-state index contributed by atoms with van der Waals surface area (Å²) in [6, 6.07) is 9.38. The topological polar surface area (TPSA) is 69.1 Å². The number of hydrogen-bond donors (Lipinski definition) is 3. The second-order valence-electron chi connectivity index (χ2n) is 8.64. The van der Waals surface area contributed by atoms with Gasteiger partial charge in [0.05, 0.1) is 6.61 Å². The lowest BCUT2D eigenvalue weighted by molar-refractivity contribution is 0.127. The van der Waals surface area contributed by atoms with Gasteiger partial charge in [-0.25, -0.2) is 0 Å². The molecule has 2 saturated heterocycles. The van der Waals surface area contributed by atoms with Gasteiger partial charge in [0, 0.05) is 51.4 Å². The normalized spacial score (nSPS) is 25.9. The van der Waals surface area contributed by atoms with Gasteiger partial charge >= 0.3 is 0 Å². The minimum atomic E-state index is 0.00861. The van der Waals surface area contributed by atoms with Gasteiger partial charge in [-0.3, -0.25) is 9.89 Å². The molecule has 1 aromatic carbocycles. The van der Waals surface area contributed by atoms with Crippen LogP contribution in [0.3, 0.4) is 0 Å². The van der Waals surface area contributed by atoms with Crippen LogP contribution in [-0.4, -0.2) is 62.0 Å². The van der Waals surface area contributed by atoms with E-state index in [1.165, 1.54) is 36.9 Å². The summed E-state index contributed by atoms with van der Waals surface area (Å²) in [6.07, 6.45) is 5.70. The van der Waals surface area contributed by atoms with Crippen molar-refractivity contribution in [2.75, 3.05) is 40.0 Å². The third-order valence-electron chi connectivity index (χ3n) is 6.56. The molecular formula is C23H38N4O2. The van der Waals surface area contributed by atoms with Crippen molar-refractivity contribution in [2.45, 2.75) is 58.2 Å². The molecule has 2 aliphatic heterocycles. The smallest absolute Gasteiger partial charge is 0.191 e. The van der Waals surface area contributed by atoms with Gasteiger partial charge in [-0.2, -0.15) is 0 Å². The number of aliphatic hydroxyl groups is 1. The molecule has 0 amide bonds. The molecule has 2 atom stereocenters. The van der Waals surface area contributed by atoms with Gasteiger partial charge in [0.25, 0.3) is 0 Å². The number of aliphatic imine (C=N–C) groups is 1. The molecule has 3 N–H and O–H groups in total. The first kappa shape index (κ1) is 22.1. The molecule has 0 spiro atoms. The van der Waals surface area contributed by atoms with Gasteiger partial charge in [0.15, 0.2) is 5.96 Å². The summed E-state index contributed by atoms with van der Waals surface area (Å²) in [5.41, 5.74) is 2.72. The first-order valence-corrected chi connectivity index (χ1v) is 11.1. The number of ether oxygens (including phenoxy) is 1. The monoisotopic (exact) mass is 402 g/mol. The maximum absolute atomic E-state index is 9.42. The molecule has 0 radical (unpaired) electrons. The van der Waals surface area contributed by atoms with Crippen molar-refractivity contribution in [3.63, 3.8) is 0 Å². The Bertz CT molecular complexity index is 658. The summed E-state index contributed by atoms with van der Waals surface area (Å²) in [6.45, 7) is 7.75. The van der Waals surface area contributed by atoms with Crippen LogP contribution in [0, 0.1) is 5.41 Å². The molecule has 0 aromatic heterocycles. The Morgan fingerprint density at radius 2 is 2.10 bits per heavy atom. The predicted molar refractivity (Wildman–Crippen MR) is 118 cm³/mol. The van der Waals surface area contributed by atoms with Gasteiger partial charge in [-0.1, -0.05) is 30.7 Å². The lowest BCUT2D eigenvalue weighted by Gasteiger charge is -2.34. The number of nitrogens with zero attached hydrogens (tertiary/aromatic N) is 2. The second-order valence-corrected chi connectivity index (χ2v) is 8.64. The molecule has 0 saturated carbocycles. The molecule has 0 aliphatic carbocycles. The highest BCUT2D eigenvalue weighted by Crippen LogP contribution is 2.31. The first-order chi connectivity index (χ1) is 14.2. The average molecular weight is 403 g/mol. The van der Waals surface area contributed by atoms with E-state index in [1.54, 1.807) is 7.05 Å². The summed E-state index contributed by atoms with van der Waals surface area (Å²) in [5.74, 6) is 0.801. The minimum absolute atomic E-state index is 0.00861. The summed E-state index contributed by atoms with van der Waals surface area (Å²) in [7, 11) is 1.81. The zero-order valence-corrected chi connectivity index (χ0v) is 18.1. The standard InChI is InChI=1S/C23H38N4O2/c1-19-7-5-6-12-27(19)16-21-9-4-3-8-20(21)15-25-22(24-2)26-17-23(10-13-28)11-14-29-18-23/h3-4,8-9,19,28H,5-7,10-18H2,1-2H3,(H2,24,25,26). The number of rotatable bonds is 8. The number of nitrogens with one attached hydrogen (secondary N) is 2. The highest BCUT2D eigenvalue weighted by Gasteiger charge is 2.34. The molecule has 0 bridgehead atoms. The van der Waals surface area contributed by atoms with Crippen LogP contribution in [0.25, 0.3) is 0 Å². The fourth-order valence-electron chi connectivity index (χ4n) is 4.48. The van der Waals surface area contributed by atoms with Crippen molar-refractivity contribution < 1.29 is 9.84 Å². The summed E-state index contributed by atoms with van der Waals surface area (Å²) in [5, 5.41) is 16.3. The number of guanidine groups is 1. The highest BCUT2D eigenvalue weighted by atomic mass is 16.5. The number of benzene rings is 1. The minimum Gasteiger partial charge on any atom is -0.396 e. The fraction of sp³-hybridized carbons (Fsp3) is 0.696. The van der Waals surface area contributed by atoms with Crippen LogP contribution in [0.4, 0.5) is 0 Å². The first-order valence-electron chi connectivity index (χ1n) is 11.1. The van der Waals surface area contributed by atoms with Gasteiger partial charge in [0.1, 0.15) is 0 Å². The molecule has 29 heavy (non-hydrogen) atoms. The SMILES string of the molecule is CN=C(NCc1ccccc1CN1CCCCC1C)NCC1(CCO)CCOC1. The zero-order valence-electron chi connectivity index (χ0n) is 18.1. The summed E-state index contributed by atoms with van der Waals surface area (Å²) >= 11 is 0. The van der Waals surface area contributed by atoms with Gasteiger partial charge in [0.2, 0.25) is 0 Å². The van der Waals surface area contributed by atoms with Crippen LogP contribution in [0.5, 0.6) is 0 Å². The largest absolute Gasteiger partial charge is 0.396 e. The van der Waals surface area contributed by atoms with E-state index in [2.05, 4.69) is 51.7 Å². The van der Waals surface area contributed by atoms with Gasteiger partial charge in [-0.15, -0.1) is 0 Å². The van der Waals surface area contributed by atoms with E-state index in [0.717, 1.165) is 45.0 Å². The predicted octanol–water partition coefficient (Wildman–Crippen LogP) is 2.52. The Balaban J connectivity index is 1.55. The van der Waals surface area contributed by atoms with Crippen molar-refractivity contribution in [2.24, 2.45) is 10.4 Å². The Morgan fingerprint density at radius 1 is 1.28 bits per heavy atom. The molecule has 2 aliphatic rings. The van der Waals surface area contributed by atoms with Crippen molar-refractivity contribution >= 4 is 5.96 Å². The van der Waals surface area contributed by atoms with E-state index in [9.17, 15) is 5.11 Å². The number of piperidine rings is 1. The van der Waals surface area contributed by atoms with E-state index < -0.39 is 0 Å². The Kier molecular flexibility index (Phi) is 8.33. The number of likely N-dealkylation sites (tertiary alicyclic amines) is 1. The van der Waals surface area contributed by atoms with E-state index in [1.807, 2.05) is 0 Å². The molecule has 3 rings (SSSR count).